The number of nitrogens with zero attached hydrogens (tertiary/aromatic N) is 1. The Bertz CT molecular complexity index is 426. The molecule has 0 aliphatic heterocycles. The zero-order valence-electron chi connectivity index (χ0n) is 10.1. The first-order valence-electron chi connectivity index (χ1n) is 5.67. The number of hydrogen-bond acceptors (Lipinski definition) is 3. The molecule has 0 spiro atoms. The van der Waals surface area contributed by atoms with Crippen LogP contribution in [0, 0.1) is 0 Å². The van der Waals surface area contributed by atoms with Gasteiger partial charge in [0.25, 0.3) is 5.91 Å². The van der Waals surface area contributed by atoms with E-state index in [4.69, 9.17) is 5.11 Å². The van der Waals surface area contributed by atoms with Crippen LogP contribution >= 0.6 is 0 Å². The van der Waals surface area contributed by atoms with E-state index in [9.17, 15) is 9.59 Å². The Hall–Kier alpha value is -1.62. The van der Waals surface area contributed by atoms with Gasteiger partial charge in [-0.25, -0.2) is 0 Å². The first kappa shape index (κ1) is 13.4. The first-order valence-corrected chi connectivity index (χ1v) is 5.67. The molecule has 0 aliphatic carbocycles. The number of H-pyrrole nitrogens is 1. The molecule has 0 radical (unpaired) electrons. The minimum absolute atomic E-state index is 0.00587. The van der Waals surface area contributed by atoms with Crippen LogP contribution in [0.15, 0.2) is 23.3 Å². The summed E-state index contributed by atoms with van der Waals surface area (Å²) in [4.78, 5) is 28.0. The number of rotatable bonds is 5. The van der Waals surface area contributed by atoms with Crippen LogP contribution in [-0.4, -0.2) is 40.1 Å². The molecule has 5 heteroatoms. The Labute approximate surface area is 100 Å². The summed E-state index contributed by atoms with van der Waals surface area (Å²) in [5.41, 5.74) is -0.150. The van der Waals surface area contributed by atoms with Crippen molar-refractivity contribution in [3.8, 4) is 0 Å². The van der Waals surface area contributed by atoms with Crippen LogP contribution < -0.4 is 5.43 Å². The van der Waals surface area contributed by atoms with E-state index < -0.39 is 0 Å². The van der Waals surface area contributed by atoms with E-state index in [0.717, 1.165) is 0 Å². The number of carbonyl (C=O) groups excluding carboxylic acids is 1. The van der Waals surface area contributed by atoms with Gasteiger partial charge in [-0.2, -0.15) is 0 Å². The van der Waals surface area contributed by atoms with Crippen LogP contribution in [0.5, 0.6) is 0 Å². The Kier molecular flexibility index (Phi) is 4.90. The molecule has 0 aliphatic rings. The summed E-state index contributed by atoms with van der Waals surface area (Å²) in [5, 5.41) is 8.80. The van der Waals surface area contributed by atoms with Crippen molar-refractivity contribution < 1.29 is 9.90 Å². The van der Waals surface area contributed by atoms with Gasteiger partial charge in [-0.05, 0) is 20.3 Å². The molecule has 0 atom stereocenters. The molecule has 5 nitrogen and oxygen atoms in total. The molecular formula is C12H18N2O3. The Morgan fingerprint density at radius 2 is 2.24 bits per heavy atom. The van der Waals surface area contributed by atoms with E-state index in [0.29, 0.717) is 13.0 Å². The van der Waals surface area contributed by atoms with Crippen LogP contribution in [0.1, 0.15) is 30.6 Å². The summed E-state index contributed by atoms with van der Waals surface area (Å²) in [6.45, 7) is 4.24. The summed E-state index contributed by atoms with van der Waals surface area (Å²) in [6.07, 6.45) is 3.42. The topological polar surface area (TPSA) is 73.4 Å². The number of nitrogens with one attached hydrogen (secondary N) is 1. The van der Waals surface area contributed by atoms with Gasteiger partial charge in [-0.3, -0.25) is 9.59 Å². The average molecular weight is 238 g/mol. The lowest BCUT2D eigenvalue weighted by Crippen LogP contribution is -2.40. The van der Waals surface area contributed by atoms with Gasteiger partial charge < -0.3 is 15.0 Å². The minimum Gasteiger partial charge on any atom is -0.396 e. The number of pyridine rings is 1. The predicted molar refractivity (Wildman–Crippen MR) is 64.9 cm³/mol. The third kappa shape index (κ3) is 3.42. The lowest BCUT2D eigenvalue weighted by atomic mass is 10.2. The Morgan fingerprint density at radius 1 is 1.53 bits per heavy atom. The van der Waals surface area contributed by atoms with E-state index in [1.807, 2.05) is 13.8 Å². The standard InChI is InChI=1S/C12H18N2O3/c1-9(2)14(6-3-7-15)12(17)10-8-13-5-4-11(10)16/h4-5,8-9,15H,3,6-7H2,1-2H3,(H,13,16). The highest BCUT2D eigenvalue weighted by Gasteiger charge is 2.20. The molecule has 1 amide bonds. The second-order valence-electron chi connectivity index (χ2n) is 4.09. The average Bonchev–Trinajstić information content (AvgIpc) is 2.29. The third-order valence-corrected chi connectivity index (χ3v) is 2.50. The first-order chi connectivity index (χ1) is 8.07. The van der Waals surface area contributed by atoms with Crippen molar-refractivity contribution in [1.29, 1.82) is 0 Å². The highest BCUT2D eigenvalue weighted by Crippen LogP contribution is 2.05. The van der Waals surface area contributed by atoms with E-state index in [1.165, 1.54) is 18.5 Å². The summed E-state index contributed by atoms with van der Waals surface area (Å²) >= 11 is 0. The zero-order chi connectivity index (χ0) is 12.8. The molecule has 94 valence electrons. The van der Waals surface area contributed by atoms with E-state index >= 15 is 0 Å². The molecule has 0 fully saturated rings. The van der Waals surface area contributed by atoms with Crippen molar-refractivity contribution in [2.75, 3.05) is 13.2 Å². The maximum absolute atomic E-state index is 12.1. The van der Waals surface area contributed by atoms with Crippen LogP contribution in [0.2, 0.25) is 0 Å². The maximum atomic E-state index is 12.1. The second kappa shape index (κ2) is 6.20. The predicted octanol–water partition coefficient (Wildman–Crippen LogP) is 0.608. The van der Waals surface area contributed by atoms with Crippen LogP contribution in [0.25, 0.3) is 0 Å². The van der Waals surface area contributed by atoms with Crippen molar-refractivity contribution in [3.63, 3.8) is 0 Å². The van der Waals surface area contributed by atoms with Crippen molar-refractivity contribution in [1.82, 2.24) is 9.88 Å². The van der Waals surface area contributed by atoms with Gasteiger partial charge in [0.05, 0.1) is 0 Å². The van der Waals surface area contributed by atoms with E-state index in [-0.39, 0.29) is 29.5 Å². The maximum Gasteiger partial charge on any atom is 0.259 e. The number of carbonyl (C=O) groups is 1. The lowest BCUT2D eigenvalue weighted by molar-refractivity contribution is 0.0691. The molecule has 0 saturated heterocycles. The highest BCUT2D eigenvalue weighted by atomic mass is 16.3. The van der Waals surface area contributed by atoms with Crippen molar-refractivity contribution >= 4 is 5.91 Å². The monoisotopic (exact) mass is 238 g/mol. The number of amides is 1. The van der Waals surface area contributed by atoms with E-state index in [1.54, 1.807) is 4.90 Å². The molecule has 1 heterocycles. The number of aromatic nitrogens is 1. The summed E-state index contributed by atoms with van der Waals surface area (Å²) in [6, 6.07) is 1.33. The molecule has 17 heavy (non-hydrogen) atoms. The minimum atomic E-state index is -0.296. The lowest BCUT2D eigenvalue weighted by Gasteiger charge is -2.26. The Morgan fingerprint density at radius 3 is 2.76 bits per heavy atom. The fourth-order valence-electron chi connectivity index (χ4n) is 1.57. The molecule has 1 aromatic heterocycles. The van der Waals surface area contributed by atoms with Gasteiger partial charge in [-0.1, -0.05) is 0 Å². The van der Waals surface area contributed by atoms with Crippen LogP contribution in [0.4, 0.5) is 0 Å². The molecule has 0 unspecified atom stereocenters. The highest BCUT2D eigenvalue weighted by molar-refractivity contribution is 5.93. The number of aromatic amines is 1. The molecule has 0 aromatic carbocycles. The number of aliphatic hydroxyl groups is 1. The number of aliphatic hydroxyl groups excluding tert-OH is 1. The summed E-state index contributed by atoms with van der Waals surface area (Å²) in [7, 11) is 0. The quantitative estimate of drug-likeness (QED) is 0.789. The molecular weight excluding hydrogens is 220 g/mol. The smallest absolute Gasteiger partial charge is 0.259 e. The van der Waals surface area contributed by atoms with Gasteiger partial charge >= 0.3 is 0 Å². The SMILES string of the molecule is CC(C)N(CCCO)C(=O)c1c[nH]ccc1=O. The van der Waals surface area contributed by atoms with E-state index in [2.05, 4.69) is 4.98 Å². The van der Waals surface area contributed by atoms with Gasteiger partial charge in [0.15, 0.2) is 5.43 Å². The fourth-order valence-corrected chi connectivity index (χ4v) is 1.57. The molecule has 1 rings (SSSR count). The normalized spacial score (nSPS) is 10.6. The number of hydrogen-bond donors (Lipinski definition) is 2. The van der Waals surface area contributed by atoms with Gasteiger partial charge in [-0.15, -0.1) is 0 Å². The van der Waals surface area contributed by atoms with Crippen LogP contribution in [0.3, 0.4) is 0 Å². The largest absolute Gasteiger partial charge is 0.396 e. The van der Waals surface area contributed by atoms with Gasteiger partial charge in [0.1, 0.15) is 5.56 Å². The van der Waals surface area contributed by atoms with Crippen molar-refractivity contribution in [2.45, 2.75) is 26.3 Å². The molecule has 0 saturated carbocycles. The second-order valence-corrected chi connectivity index (χ2v) is 4.09. The molecule has 2 N–H and O–H groups in total. The van der Waals surface area contributed by atoms with Gasteiger partial charge in [0, 0.05) is 37.7 Å². The van der Waals surface area contributed by atoms with Crippen molar-refractivity contribution in [3.05, 3.63) is 34.2 Å². The zero-order valence-corrected chi connectivity index (χ0v) is 10.1. The molecule has 1 aromatic rings. The van der Waals surface area contributed by atoms with Crippen LogP contribution in [-0.2, 0) is 0 Å². The third-order valence-electron chi connectivity index (χ3n) is 2.50. The van der Waals surface area contributed by atoms with Crippen molar-refractivity contribution in [2.24, 2.45) is 0 Å². The molecule has 0 bridgehead atoms. The van der Waals surface area contributed by atoms with Gasteiger partial charge in [0.2, 0.25) is 0 Å². The summed E-state index contributed by atoms with van der Waals surface area (Å²) < 4.78 is 0. The fraction of sp³-hybridized carbons (Fsp3) is 0.500. The summed E-state index contributed by atoms with van der Waals surface area (Å²) in [5.74, 6) is -0.296. The Balaban J connectivity index is 2.92.